The molecule has 1 aromatic rings. The molecule has 1 aliphatic carbocycles. The quantitative estimate of drug-likeness (QED) is 0.723. The molecule has 1 aromatic carbocycles. The van der Waals surface area contributed by atoms with Crippen molar-refractivity contribution in [1.29, 1.82) is 5.26 Å². The van der Waals surface area contributed by atoms with Crippen molar-refractivity contribution in [2.24, 2.45) is 11.0 Å². The molecule has 6 heteroatoms. The summed E-state index contributed by atoms with van der Waals surface area (Å²) < 4.78 is 0. The number of carbonyl (C=O) groups excluding carboxylic acids is 1. The first kappa shape index (κ1) is 18.8. The number of nitrogens with one attached hydrogen (secondary N) is 1. The largest absolute Gasteiger partial charge is 0.272 e. The smallest absolute Gasteiger partial charge is 0.250 e. The van der Waals surface area contributed by atoms with Gasteiger partial charge in [-0.05, 0) is 37.3 Å². The standard InChI is InChI=1S/C18H22ClN3OS/c19-16-9-3-1-7-15(16)12-24-13-18(23)22-21-17-10-4-2-6-14(17)8-5-11-20/h1,3,7,9,14H,2,4-6,8,10,12-13H2,(H,22,23)/b21-17-/t14-/m1/s1. The minimum absolute atomic E-state index is 0.0934. The number of hydrogen-bond acceptors (Lipinski definition) is 4. The molecule has 0 heterocycles. The van der Waals surface area contributed by atoms with Gasteiger partial charge in [-0.15, -0.1) is 11.8 Å². The van der Waals surface area contributed by atoms with E-state index >= 15 is 0 Å². The molecule has 1 saturated carbocycles. The van der Waals surface area contributed by atoms with Crippen LogP contribution in [0.3, 0.4) is 0 Å². The van der Waals surface area contributed by atoms with Crippen LogP contribution >= 0.6 is 23.4 Å². The lowest BCUT2D eigenvalue weighted by atomic mass is 9.84. The van der Waals surface area contributed by atoms with E-state index in [1.54, 1.807) is 0 Å². The van der Waals surface area contributed by atoms with E-state index in [2.05, 4.69) is 16.6 Å². The van der Waals surface area contributed by atoms with Crippen molar-refractivity contribution in [2.45, 2.75) is 44.3 Å². The van der Waals surface area contributed by atoms with Crippen LogP contribution in [0.1, 0.15) is 44.1 Å². The lowest BCUT2D eigenvalue weighted by Crippen LogP contribution is -2.26. The van der Waals surface area contributed by atoms with E-state index in [0.717, 1.165) is 42.0 Å². The molecule has 2 rings (SSSR count). The topological polar surface area (TPSA) is 65.2 Å². The molecule has 0 spiro atoms. The fourth-order valence-corrected chi connectivity index (χ4v) is 3.91. The number of rotatable bonds is 7. The Morgan fingerprint density at radius 1 is 1.42 bits per heavy atom. The number of benzene rings is 1. The Labute approximate surface area is 152 Å². The second-order valence-electron chi connectivity index (χ2n) is 5.86. The first-order chi connectivity index (χ1) is 11.7. The molecule has 0 saturated heterocycles. The summed E-state index contributed by atoms with van der Waals surface area (Å²) in [5, 5.41) is 13.8. The van der Waals surface area contributed by atoms with Crippen LogP contribution in [0.4, 0.5) is 0 Å². The first-order valence-corrected chi connectivity index (χ1v) is 9.77. The van der Waals surface area contributed by atoms with Gasteiger partial charge >= 0.3 is 0 Å². The molecule has 0 unspecified atom stereocenters. The Balaban J connectivity index is 1.77. The summed E-state index contributed by atoms with van der Waals surface area (Å²) in [6, 6.07) is 9.85. The molecule has 0 aromatic heterocycles. The fraction of sp³-hybridized carbons (Fsp3) is 0.500. The number of carbonyl (C=O) groups is 1. The zero-order valence-corrected chi connectivity index (χ0v) is 15.2. The van der Waals surface area contributed by atoms with Gasteiger partial charge in [-0.25, -0.2) is 5.43 Å². The molecule has 0 radical (unpaired) electrons. The van der Waals surface area contributed by atoms with Crippen LogP contribution in [0.2, 0.25) is 5.02 Å². The third kappa shape index (κ3) is 6.18. The second kappa shape index (κ2) is 10.4. The van der Waals surface area contributed by atoms with E-state index in [4.69, 9.17) is 16.9 Å². The Hall–Kier alpha value is -1.51. The summed E-state index contributed by atoms with van der Waals surface area (Å²) in [5.74, 6) is 1.30. The van der Waals surface area contributed by atoms with Crippen molar-refractivity contribution < 1.29 is 4.79 Å². The maximum Gasteiger partial charge on any atom is 0.250 e. The van der Waals surface area contributed by atoms with Crippen molar-refractivity contribution in [3.8, 4) is 6.07 Å². The zero-order chi connectivity index (χ0) is 17.2. The third-order valence-electron chi connectivity index (χ3n) is 4.08. The van der Waals surface area contributed by atoms with Crippen molar-refractivity contribution in [3.63, 3.8) is 0 Å². The summed E-state index contributed by atoms with van der Waals surface area (Å²) in [6.45, 7) is 0. The molecule has 1 amide bonds. The second-order valence-corrected chi connectivity index (χ2v) is 7.25. The number of amides is 1. The molecule has 1 N–H and O–H groups in total. The number of nitrogens with zero attached hydrogens (tertiary/aromatic N) is 2. The Morgan fingerprint density at radius 2 is 2.25 bits per heavy atom. The summed E-state index contributed by atoms with van der Waals surface area (Å²) in [4.78, 5) is 12.0. The van der Waals surface area contributed by atoms with Gasteiger partial charge in [0.2, 0.25) is 5.91 Å². The van der Waals surface area contributed by atoms with Crippen LogP contribution < -0.4 is 5.43 Å². The lowest BCUT2D eigenvalue weighted by molar-refractivity contribution is -0.118. The number of hydrogen-bond donors (Lipinski definition) is 1. The molecule has 24 heavy (non-hydrogen) atoms. The van der Waals surface area contributed by atoms with Gasteiger partial charge in [0, 0.05) is 28.8 Å². The Kier molecular flexibility index (Phi) is 8.14. The van der Waals surface area contributed by atoms with E-state index in [9.17, 15) is 4.79 Å². The van der Waals surface area contributed by atoms with Crippen molar-refractivity contribution in [2.75, 3.05) is 5.75 Å². The van der Waals surface area contributed by atoms with Gasteiger partial charge in [0.15, 0.2) is 0 Å². The van der Waals surface area contributed by atoms with Gasteiger partial charge in [-0.2, -0.15) is 10.4 Å². The van der Waals surface area contributed by atoms with Crippen LogP contribution in [-0.2, 0) is 10.5 Å². The van der Waals surface area contributed by atoms with Gasteiger partial charge < -0.3 is 0 Å². The monoisotopic (exact) mass is 363 g/mol. The first-order valence-electron chi connectivity index (χ1n) is 8.24. The van der Waals surface area contributed by atoms with Crippen LogP contribution in [0.5, 0.6) is 0 Å². The van der Waals surface area contributed by atoms with Crippen molar-refractivity contribution >= 4 is 35.0 Å². The average molecular weight is 364 g/mol. The Bertz CT molecular complexity index is 627. The third-order valence-corrected chi connectivity index (χ3v) is 5.43. The van der Waals surface area contributed by atoms with Crippen LogP contribution in [-0.4, -0.2) is 17.4 Å². The molecule has 1 aliphatic rings. The number of thioether (sulfide) groups is 1. The number of hydrazone groups is 1. The summed E-state index contributed by atoms with van der Waals surface area (Å²) in [5.41, 5.74) is 4.75. The number of halogens is 1. The number of nitriles is 1. The summed E-state index contributed by atoms with van der Waals surface area (Å²) >= 11 is 7.62. The highest BCUT2D eigenvalue weighted by atomic mass is 35.5. The Morgan fingerprint density at radius 3 is 3.04 bits per heavy atom. The minimum atomic E-state index is -0.0934. The van der Waals surface area contributed by atoms with Gasteiger partial charge in [-0.1, -0.05) is 36.2 Å². The highest BCUT2D eigenvalue weighted by Gasteiger charge is 2.20. The van der Waals surface area contributed by atoms with Gasteiger partial charge in [-0.3, -0.25) is 4.79 Å². The average Bonchev–Trinajstić information content (AvgIpc) is 2.60. The highest BCUT2D eigenvalue weighted by molar-refractivity contribution is 7.99. The molecule has 4 nitrogen and oxygen atoms in total. The van der Waals surface area contributed by atoms with Crippen molar-refractivity contribution in [3.05, 3.63) is 34.9 Å². The molecule has 1 fully saturated rings. The predicted molar refractivity (Wildman–Crippen MR) is 100.0 cm³/mol. The fourth-order valence-electron chi connectivity index (χ4n) is 2.80. The summed E-state index contributed by atoms with van der Waals surface area (Å²) in [7, 11) is 0. The van der Waals surface area contributed by atoms with E-state index in [1.807, 2.05) is 24.3 Å². The van der Waals surface area contributed by atoms with Gasteiger partial charge in [0.05, 0.1) is 11.8 Å². The summed E-state index contributed by atoms with van der Waals surface area (Å²) in [6.07, 6.45) is 5.66. The molecule has 128 valence electrons. The maximum absolute atomic E-state index is 12.0. The van der Waals surface area contributed by atoms with E-state index < -0.39 is 0 Å². The van der Waals surface area contributed by atoms with Crippen LogP contribution in [0.25, 0.3) is 0 Å². The van der Waals surface area contributed by atoms with Gasteiger partial charge in [0.1, 0.15) is 0 Å². The minimum Gasteiger partial charge on any atom is -0.272 e. The predicted octanol–water partition coefficient (Wildman–Crippen LogP) is 4.54. The normalized spacial score (nSPS) is 19.0. The van der Waals surface area contributed by atoms with E-state index in [0.29, 0.717) is 23.8 Å². The molecular formula is C18H22ClN3OS. The van der Waals surface area contributed by atoms with E-state index in [-0.39, 0.29) is 5.91 Å². The highest BCUT2D eigenvalue weighted by Crippen LogP contribution is 2.25. The van der Waals surface area contributed by atoms with Crippen LogP contribution in [0, 0.1) is 17.2 Å². The molecular weight excluding hydrogens is 342 g/mol. The van der Waals surface area contributed by atoms with Crippen molar-refractivity contribution in [1.82, 2.24) is 5.43 Å². The SMILES string of the molecule is N#CCC[C@H]1CCCC/C1=N/NC(=O)CSCc1ccccc1Cl. The maximum atomic E-state index is 12.0. The zero-order valence-electron chi connectivity index (χ0n) is 13.6. The van der Waals surface area contributed by atoms with Crippen LogP contribution in [0.15, 0.2) is 29.4 Å². The van der Waals surface area contributed by atoms with Gasteiger partial charge in [0.25, 0.3) is 0 Å². The van der Waals surface area contributed by atoms with E-state index in [1.165, 1.54) is 18.2 Å². The molecule has 0 bridgehead atoms. The lowest BCUT2D eigenvalue weighted by Gasteiger charge is -2.23. The molecule has 1 atom stereocenters. The molecule has 0 aliphatic heterocycles.